The second-order valence-corrected chi connectivity index (χ2v) is 4.77. The molecule has 68 valence electrons. The Kier molecular flexibility index (Phi) is 7.86. The molecule has 1 rings (SSSR count). The molecular weight excluding hydrogens is 260 g/mol. The molecule has 12 heavy (non-hydrogen) atoms. The van der Waals surface area contributed by atoms with Crippen molar-refractivity contribution in [2.24, 2.45) is 0 Å². The van der Waals surface area contributed by atoms with E-state index in [4.69, 9.17) is 11.6 Å². The highest BCUT2D eigenvalue weighted by atomic mass is 79.9. The van der Waals surface area contributed by atoms with Crippen LogP contribution < -0.4 is 0 Å². The van der Waals surface area contributed by atoms with Gasteiger partial charge in [0.15, 0.2) is 0 Å². The summed E-state index contributed by atoms with van der Waals surface area (Å²) in [5, 5.41) is 1.79. The van der Waals surface area contributed by atoms with Gasteiger partial charge in [0.05, 0.1) is 3.79 Å². The Balaban J connectivity index is 0.000000202. The van der Waals surface area contributed by atoms with Crippen LogP contribution >= 0.6 is 38.9 Å². The van der Waals surface area contributed by atoms with Crippen molar-refractivity contribution in [3.8, 4) is 0 Å². The molecule has 0 aliphatic rings. The number of hydrogen-bond acceptors (Lipinski definition) is 2. The van der Waals surface area contributed by atoms with Crippen LogP contribution in [0, 0.1) is 0 Å². The summed E-state index contributed by atoms with van der Waals surface area (Å²) >= 11 is 9.93. The standard InChI is InChI=1S/C4H3BrS.C4H7ClO/c5-4-2-1-3-6-4;1-2-3-4(5)6/h1-3H;2-3H2,1H3. The van der Waals surface area contributed by atoms with Gasteiger partial charge in [0.1, 0.15) is 0 Å². The van der Waals surface area contributed by atoms with Crippen LogP contribution in [0.5, 0.6) is 0 Å². The molecule has 0 amide bonds. The van der Waals surface area contributed by atoms with Crippen LogP contribution in [0.25, 0.3) is 0 Å². The fourth-order valence-electron chi connectivity index (χ4n) is 0.455. The van der Waals surface area contributed by atoms with Crippen molar-refractivity contribution in [2.45, 2.75) is 19.8 Å². The fraction of sp³-hybridized carbons (Fsp3) is 0.375. The molecule has 0 N–H and O–H groups in total. The van der Waals surface area contributed by atoms with Gasteiger partial charge in [-0.3, -0.25) is 4.79 Å². The third-order valence-electron chi connectivity index (χ3n) is 0.933. The number of halogens is 2. The summed E-state index contributed by atoms with van der Waals surface area (Å²) in [5.74, 6) is 0. The van der Waals surface area contributed by atoms with Crippen molar-refractivity contribution < 1.29 is 4.79 Å². The first-order valence-electron chi connectivity index (χ1n) is 3.54. The van der Waals surface area contributed by atoms with Crippen molar-refractivity contribution in [1.82, 2.24) is 0 Å². The average Bonchev–Trinajstić information content (AvgIpc) is 2.40. The van der Waals surface area contributed by atoms with Crippen LogP contribution in [0.2, 0.25) is 0 Å². The average molecular weight is 270 g/mol. The SMILES string of the molecule is Brc1cccs1.CCCC(=O)Cl. The lowest BCUT2D eigenvalue weighted by atomic mass is 10.4. The van der Waals surface area contributed by atoms with E-state index in [0.717, 1.165) is 6.42 Å². The zero-order valence-electron chi connectivity index (χ0n) is 6.72. The summed E-state index contributed by atoms with van der Waals surface area (Å²) < 4.78 is 1.20. The van der Waals surface area contributed by atoms with Crippen LogP contribution in [0.3, 0.4) is 0 Å². The Labute approximate surface area is 89.9 Å². The van der Waals surface area contributed by atoms with Crippen molar-refractivity contribution in [2.75, 3.05) is 0 Å². The quantitative estimate of drug-likeness (QED) is 0.740. The van der Waals surface area contributed by atoms with Gasteiger partial charge in [-0.25, -0.2) is 0 Å². The van der Waals surface area contributed by atoms with Crippen molar-refractivity contribution in [3.63, 3.8) is 0 Å². The van der Waals surface area contributed by atoms with E-state index in [9.17, 15) is 4.79 Å². The number of rotatable bonds is 2. The molecule has 1 aromatic heterocycles. The maximum absolute atomic E-state index is 9.81. The molecule has 0 aliphatic heterocycles. The van der Waals surface area contributed by atoms with E-state index in [-0.39, 0.29) is 5.24 Å². The number of hydrogen-bond donors (Lipinski definition) is 0. The van der Waals surface area contributed by atoms with Gasteiger partial charge in [-0.2, -0.15) is 0 Å². The molecule has 1 nitrogen and oxygen atoms in total. The number of carbonyl (C=O) groups excluding carboxylic acids is 1. The van der Waals surface area contributed by atoms with Gasteiger partial charge < -0.3 is 0 Å². The molecule has 0 aromatic carbocycles. The van der Waals surface area contributed by atoms with Gasteiger partial charge in [-0.15, -0.1) is 11.3 Å². The Morgan fingerprint density at radius 1 is 1.75 bits per heavy atom. The van der Waals surface area contributed by atoms with Gasteiger partial charge >= 0.3 is 0 Å². The van der Waals surface area contributed by atoms with E-state index in [2.05, 4.69) is 15.9 Å². The van der Waals surface area contributed by atoms with Gasteiger partial charge in [0.25, 0.3) is 0 Å². The molecule has 0 bridgehead atoms. The molecule has 0 unspecified atom stereocenters. The molecule has 1 aromatic rings. The van der Waals surface area contributed by atoms with Crippen molar-refractivity contribution >= 4 is 44.1 Å². The number of thiophene rings is 1. The molecule has 0 spiro atoms. The first-order valence-corrected chi connectivity index (χ1v) is 5.59. The lowest BCUT2D eigenvalue weighted by Gasteiger charge is -1.77. The van der Waals surface area contributed by atoms with E-state index in [1.807, 2.05) is 24.4 Å². The van der Waals surface area contributed by atoms with Crippen LogP contribution in [0.1, 0.15) is 19.8 Å². The largest absolute Gasteiger partial charge is 0.281 e. The smallest absolute Gasteiger partial charge is 0.221 e. The van der Waals surface area contributed by atoms with Crippen molar-refractivity contribution in [3.05, 3.63) is 21.3 Å². The lowest BCUT2D eigenvalue weighted by molar-refractivity contribution is -0.111. The lowest BCUT2D eigenvalue weighted by Crippen LogP contribution is -1.79. The molecule has 4 heteroatoms. The topological polar surface area (TPSA) is 17.1 Å². The Morgan fingerprint density at radius 2 is 2.42 bits per heavy atom. The van der Waals surface area contributed by atoms with Gasteiger partial charge in [-0.05, 0) is 45.4 Å². The maximum atomic E-state index is 9.81. The molecular formula is C8H10BrClOS. The Bertz CT molecular complexity index is 211. The zero-order valence-corrected chi connectivity index (χ0v) is 9.88. The summed E-state index contributed by atoms with van der Waals surface area (Å²) in [5.41, 5.74) is 0. The van der Waals surface area contributed by atoms with E-state index in [1.54, 1.807) is 11.3 Å². The third-order valence-corrected chi connectivity index (χ3v) is 2.60. The van der Waals surface area contributed by atoms with Crippen LogP contribution in [-0.2, 0) is 4.79 Å². The Hall–Kier alpha value is 0.140. The molecule has 0 aliphatic carbocycles. The van der Waals surface area contributed by atoms with Crippen LogP contribution in [0.4, 0.5) is 0 Å². The highest BCUT2D eigenvalue weighted by Gasteiger charge is 1.87. The van der Waals surface area contributed by atoms with Gasteiger partial charge in [0.2, 0.25) is 5.24 Å². The molecule has 1 heterocycles. The summed E-state index contributed by atoms with van der Waals surface area (Å²) in [6.45, 7) is 1.92. The highest BCUT2D eigenvalue weighted by Crippen LogP contribution is 2.14. The predicted molar refractivity (Wildman–Crippen MR) is 57.8 cm³/mol. The van der Waals surface area contributed by atoms with E-state index >= 15 is 0 Å². The maximum Gasteiger partial charge on any atom is 0.221 e. The first kappa shape index (κ1) is 12.1. The van der Waals surface area contributed by atoms with Gasteiger partial charge in [-0.1, -0.05) is 13.0 Å². The van der Waals surface area contributed by atoms with Gasteiger partial charge in [0, 0.05) is 6.42 Å². The first-order chi connectivity index (χ1) is 5.66. The zero-order chi connectivity index (χ0) is 9.40. The molecule has 0 radical (unpaired) electrons. The van der Waals surface area contributed by atoms with E-state index in [1.165, 1.54) is 3.79 Å². The fourth-order valence-corrected chi connectivity index (χ4v) is 1.56. The monoisotopic (exact) mass is 268 g/mol. The highest BCUT2D eigenvalue weighted by molar-refractivity contribution is 9.11. The summed E-state index contributed by atoms with van der Waals surface area (Å²) in [4.78, 5) is 9.81. The molecule has 0 saturated carbocycles. The second kappa shape index (κ2) is 7.77. The minimum atomic E-state index is -0.238. The third kappa shape index (κ3) is 8.24. The predicted octanol–water partition coefficient (Wildman–Crippen LogP) is 4.06. The summed E-state index contributed by atoms with van der Waals surface area (Å²) in [6, 6.07) is 4.03. The summed E-state index contributed by atoms with van der Waals surface area (Å²) in [7, 11) is 0. The normalized spacial score (nSPS) is 8.58. The van der Waals surface area contributed by atoms with Crippen LogP contribution in [-0.4, -0.2) is 5.24 Å². The van der Waals surface area contributed by atoms with E-state index < -0.39 is 0 Å². The van der Waals surface area contributed by atoms with E-state index in [0.29, 0.717) is 6.42 Å². The molecule has 0 atom stereocenters. The summed E-state index contributed by atoms with van der Waals surface area (Å²) in [6.07, 6.45) is 1.35. The molecule has 0 fully saturated rings. The minimum Gasteiger partial charge on any atom is -0.281 e. The van der Waals surface area contributed by atoms with Crippen LogP contribution in [0.15, 0.2) is 21.3 Å². The second-order valence-electron chi connectivity index (χ2n) is 2.02. The molecule has 0 saturated heterocycles. The van der Waals surface area contributed by atoms with Crippen molar-refractivity contribution in [1.29, 1.82) is 0 Å². The number of carbonyl (C=O) groups is 1. The Morgan fingerprint density at radius 3 is 2.50 bits per heavy atom. The minimum absolute atomic E-state index is 0.238.